The molecule has 1 atom stereocenters. The molecule has 0 saturated heterocycles. The number of aliphatic hydroxyl groups excluding tert-OH is 1. The van der Waals surface area contributed by atoms with Gasteiger partial charge in [-0.25, -0.2) is 0 Å². The Hall–Kier alpha value is -0.500. The minimum absolute atomic E-state index is 0.104. The minimum Gasteiger partial charge on any atom is -0.384 e. The maximum Gasteiger partial charge on any atom is 0.446 e. The standard InChI is InChI=1S/C12H8BrF3OS2/c13-10-6-18-5-9(10)11(17)7-1-3-8(4-2-7)19-12(14,15)16/h1-6,11,17H. The third-order valence-corrected chi connectivity index (χ3v) is 4.86. The number of benzene rings is 1. The van der Waals surface area contributed by atoms with Crippen LogP contribution in [0.3, 0.4) is 0 Å². The van der Waals surface area contributed by atoms with Crippen molar-refractivity contribution >= 4 is 39.0 Å². The van der Waals surface area contributed by atoms with Crippen LogP contribution in [0, 0.1) is 0 Å². The van der Waals surface area contributed by atoms with Gasteiger partial charge < -0.3 is 5.11 Å². The molecule has 1 aromatic heterocycles. The smallest absolute Gasteiger partial charge is 0.384 e. The molecule has 2 aromatic rings. The number of rotatable bonds is 3. The summed E-state index contributed by atoms with van der Waals surface area (Å²) in [6.45, 7) is 0. The van der Waals surface area contributed by atoms with Crippen molar-refractivity contribution in [2.45, 2.75) is 16.5 Å². The fourth-order valence-electron chi connectivity index (χ4n) is 1.52. The molecule has 0 saturated carbocycles. The monoisotopic (exact) mass is 368 g/mol. The molecule has 0 bridgehead atoms. The van der Waals surface area contributed by atoms with Crippen molar-refractivity contribution < 1.29 is 18.3 Å². The average Bonchev–Trinajstić information content (AvgIpc) is 2.73. The lowest BCUT2D eigenvalue weighted by atomic mass is 10.0. The predicted molar refractivity (Wildman–Crippen MR) is 74.4 cm³/mol. The van der Waals surface area contributed by atoms with Gasteiger partial charge in [0.05, 0.1) is 0 Å². The highest BCUT2D eigenvalue weighted by Crippen LogP contribution is 2.38. The first kappa shape index (κ1) is 14.9. The van der Waals surface area contributed by atoms with Crippen molar-refractivity contribution in [3.05, 3.63) is 50.6 Å². The van der Waals surface area contributed by atoms with Gasteiger partial charge >= 0.3 is 5.51 Å². The summed E-state index contributed by atoms with van der Waals surface area (Å²) in [5.41, 5.74) is -3.02. The Morgan fingerprint density at radius 3 is 2.26 bits per heavy atom. The summed E-state index contributed by atoms with van der Waals surface area (Å²) in [6, 6.07) is 5.72. The van der Waals surface area contributed by atoms with Crippen LogP contribution in [0.1, 0.15) is 17.2 Å². The molecule has 0 amide bonds. The highest BCUT2D eigenvalue weighted by atomic mass is 79.9. The topological polar surface area (TPSA) is 20.2 Å². The van der Waals surface area contributed by atoms with Crippen molar-refractivity contribution in [1.29, 1.82) is 0 Å². The van der Waals surface area contributed by atoms with Gasteiger partial charge in [-0.3, -0.25) is 0 Å². The fourth-order valence-corrected chi connectivity index (χ4v) is 3.59. The van der Waals surface area contributed by atoms with E-state index in [4.69, 9.17) is 0 Å². The van der Waals surface area contributed by atoms with E-state index in [1.165, 1.54) is 35.6 Å². The molecule has 2 rings (SSSR count). The number of alkyl halides is 3. The van der Waals surface area contributed by atoms with E-state index in [1.807, 2.05) is 5.38 Å². The van der Waals surface area contributed by atoms with Crippen LogP contribution in [-0.2, 0) is 0 Å². The number of halogens is 4. The molecule has 1 aromatic carbocycles. The normalized spacial score (nSPS) is 13.5. The van der Waals surface area contributed by atoms with E-state index in [0.717, 1.165) is 4.47 Å². The van der Waals surface area contributed by atoms with Gasteiger partial charge in [0.2, 0.25) is 0 Å². The summed E-state index contributed by atoms with van der Waals surface area (Å²) in [5.74, 6) is 0. The lowest BCUT2D eigenvalue weighted by Crippen LogP contribution is -2.00. The summed E-state index contributed by atoms with van der Waals surface area (Å²) in [4.78, 5) is 0.104. The van der Waals surface area contributed by atoms with E-state index < -0.39 is 11.6 Å². The third kappa shape index (κ3) is 3.98. The van der Waals surface area contributed by atoms with Crippen LogP contribution in [0.2, 0.25) is 0 Å². The van der Waals surface area contributed by atoms with Crippen LogP contribution in [0.15, 0.2) is 44.4 Å². The summed E-state index contributed by atoms with van der Waals surface area (Å²) >= 11 is 4.59. The van der Waals surface area contributed by atoms with Crippen LogP contribution in [0.25, 0.3) is 0 Å². The number of aliphatic hydroxyl groups is 1. The quantitative estimate of drug-likeness (QED) is 0.750. The van der Waals surface area contributed by atoms with Crippen LogP contribution >= 0.6 is 39.0 Å². The Morgan fingerprint density at radius 1 is 1.16 bits per heavy atom. The maximum absolute atomic E-state index is 12.2. The second-order valence-electron chi connectivity index (χ2n) is 3.69. The van der Waals surface area contributed by atoms with Crippen molar-refractivity contribution in [2.75, 3.05) is 0 Å². The molecular weight excluding hydrogens is 361 g/mol. The Balaban J connectivity index is 2.17. The molecule has 1 heterocycles. The molecule has 1 unspecified atom stereocenters. The Labute approximate surface area is 124 Å². The Morgan fingerprint density at radius 2 is 1.79 bits per heavy atom. The summed E-state index contributed by atoms with van der Waals surface area (Å²) in [6.07, 6.45) is -0.842. The van der Waals surface area contributed by atoms with Gasteiger partial charge in [-0.1, -0.05) is 12.1 Å². The molecule has 0 aliphatic carbocycles. The lowest BCUT2D eigenvalue weighted by Gasteiger charge is -2.11. The second-order valence-corrected chi connectivity index (χ2v) is 6.43. The van der Waals surface area contributed by atoms with E-state index >= 15 is 0 Å². The van der Waals surface area contributed by atoms with E-state index in [9.17, 15) is 18.3 Å². The SMILES string of the molecule is OC(c1ccc(SC(F)(F)F)cc1)c1cscc1Br. The van der Waals surface area contributed by atoms with Crippen LogP contribution < -0.4 is 0 Å². The van der Waals surface area contributed by atoms with E-state index in [1.54, 1.807) is 5.38 Å². The summed E-state index contributed by atoms with van der Waals surface area (Å²) < 4.78 is 37.3. The first-order valence-corrected chi connectivity index (χ1v) is 7.67. The zero-order chi connectivity index (χ0) is 14.0. The fraction of sp³-hybridized carbons (Fsp3) is 0.167. The van der Waals surface area contributed by atoms with Gasteiger partial charge in [0.15, 0.2) is 0 Å². The zero-order valence-electron chi connectivity index (χ0n) is 9.32. The number of hydrogen-bond donors (Lipinski definition) is 1. The van der Waals surface area contributed by atoms with Crippen LogP contribution in [-0.4, -0.2) is 10.6 Å². The van der Waals surface area contributed by atoms with E-state index in [2.05, 4.69) is 15.9 Å². The van der Waals surface area contributed by atoms with Crippen LogP contribution in [0.4, 0.5) is 13.2 Å². The zero-order valence-corrected chi connectivity index (χ0v) is 12.5. The number of thioether (sulfide) groups is 1. The van der Waals surface area contributed by atoms with Crippen molar-refractivity contribution in [3.63, 3.8) is 0 Å². The molecular formula is C12H8BrF3OS2. The molecule has 102 valence electrons. The van der Waals surface area contributed by atoms with Crippen molar-refractivity contribution in [2.24, 2.45) is 0 Å². The van der Waals surface area contributed by atoms with E-state index in [0.29, 0.717) is 11.1 Å². The van der Waals surface area contributed by atoms with E-state index in [-0.39, 0.29) is 16.7 Å². The lowest BCUT2D eigenvalue weighted by molar-refractivity contribution is -0.0328. The highest BCUT2D eigenvalue weighted by molar-refractivity contribution is 9.10. The second kappa shape index (κ2) is 5.87. The molecule has 0 aliphatic rings. The van der Waals surface area contributed by atoms with Crippen LogP contribution in [0.5, 0.6) is 0 Å². The Bertz CT molecular complexity index is 551. The molecule has 1 N–H and O–H groups in total. The molecule has 1 nitrogen and oxygen atoms in total. The largest absolute Gasteiger partial charge is 0.446 e. The summed E-state index contributed by atoms with van der Waals surface area (Å²) in [7, 11) is 0. The maximum atomic E-state index is 12.2. The third-order valence-electron chi connectivity index (χ3n) is 2.37. The average molecular weight is 369 g/mol. The summed E-state index contributed by atoms with van der Waals surface area (Å²) in [5, 5.41) is 13.8. The number of hydrogen-bond acceptors (Lipinski definition) is 3. The highest BCUT2D eigenvalue weighted by Gasteiger charge is 2.29. The van der Waals surface area contributed by atoms with Gasteiger partial charge in [0.25, 0.3) is 0 Å². The first-order valence-electron chi connectivity index (χ1n) is 5.12. The van der Waals surface area contributed by atoms with Crippen molar-refractivity contribution in [3.8, 4) is 0 Å². The minimum atomic E-state index is -4.30. The molecule has 0 aliphatic heterocycles. The number of thiophene rings is 1. The molecule has 0 spiro atoms. The van der Waals surface area contributed by atoms with Gasteiger partial charge in [-0.05, 0) is 50.8 Å². The molecule has 0 radical (unpaired) electrons. The molecule has 7 heteroatoms. The first-order chi connectivity index (χ1) is 8.87. The van der Waals surface area contributed by atoms with Gasteiger partial charge in [-0.2, -0.15) is 24.5 Å². The van der Waals surface area contributed by atoms with Gasteiger partial charge in [0.1, 0.15) is 6.10 Å². The van der Waals surface area contributed by atoms with Crippen molar-refractivity contribution in [1.82, 2.24) is 0 Å². The molecule has 19 heavy (non-hydrogen) atoms. The molecule has 0 fully saturated rings. The van der Waals surface area contributed by atoms with Gasteiger partial charge in [0, 0.05) is 20.3 Å². The predicted octanol–water partition coefficient (Wildman–Crippen LogP) is 5.20. The Kier molecular flexibility index (Phi) is 4.60. The van der Waals surface area contributed by atoms with Gasteiger partial charge in [-0.15, -0.1) is 0 Å².